The molecule has 0 heterocycles. The maximum absolute atomic E-state index is 12.6. The fourth-order valence-corrected chi connectivity index (χ4v) is 4.84. The lowest BCUT2D eigenvalue weighted by Crippen LogP contribution is -2.21. The molecule has 38 heavy (non-hydrogen) atoms. The highest BCUT2D eigenvalue weighted by Gasteiger charge is 2.13. The first kappa shape index (κ1) is 34.5. The van der Waals surface area contributed by atoms with Crippen LogP contribution >= 0.6 is 0 Å². The van der Waals surface area contributed by atoms with Crippen LogP contribution in [0, 0.1) is 0 Å². The van der Waals surface area contributed by atoms with Gasteiger partial charge in [-0.05, 0) is 45.1 Å². The molecule has 4 heteroatoms. The van der Waals surface area contributed by atoms with Crippen molar-refractivity contribution < 1.29 is 14.3 Å². The van der Waals surface area contributed by atoms with Crippen LogP contribution in [0.3, 0.4) is 0 Å². The molecule has 0 amide bonds. The second-order valence-corrected chi connectivity index (χ2v) is 11.4. The molecule has 0 unspecified atom stereocenters. The van der Waals surface area contributed by atoms with Gasteiger partial charge in [0, 0.05) is 5.56 Å². The van der Waals surface area contributed by atoms with Gasteiger partial charge in [0.1, 0.15) is 0 Å². The third kappa shape index (κ3) is 18.7. The number of hydrogen-bond acceptors (Lipinski definition) is 4. The predicted octanol–water partition coefficient (Wildman–Crippen LogP) is 10.0. The Bertz CT molecular complexity index is 688. The monoisotopic (exact) mass is 531 g/mol. The summed E-state index contributed by atoms with van der Waals surface area (Å²) in [5.41, 5.74) is 0.697. The van der Waals surface area contributed by atoms with Crippen LogP contribution in [0.25, 0.3) is 0 Å². The zero-order valence-corrected chi connectivity index (χ0v) is 25.7. The van der Waals surface area contributed by atoms with E-state index in [-0.39, 0.29) is 5.78 Å². The normalized spacial score (nSPS) is 11.3. The van der Waals surface area contributed by atoms with Crippen molar-refractivity contribution in [2.75, 3.05) is 33.9 Å². The summed E-state index contributed by atoms with van der Waals surface area (Å²) in [6.45, 7) is 6.33. The van der Waals surface area contributed by atoms with Crippen molar-refractivity contribution >= 4 is 5.78 Å². The van der Waals surface area contributed by atoms with Gasteiger partial charge in [-0.2, -0.15) is 0 Å². The summed E-state index contributed by atoms with van der Waals surface area (Å²) in [5.74, 6) is 1.60. The van der Waals surface area contributed by atoms with E-state index in [1.165, 1.54) is 116 Å². The fraction of sp³-hybridized carbons (Fsp3) is 0.794. The Balaban J connectivity index is 2.37. The van der Waals surface area contributed by atoms with Crippen molar-refractivity contribution in [3.05, 3.63) is 23.8 Å². The van der Waals surface area contributed by atoms with Crippen LogP contribution in [0.15, 0.2) is 18.2 Å². The highest BCUT2D eigenvalue weighted by atomic mass is 16.5. The van der Waals surface area contributed by atoms with Crippen LogP contribution < -0.4 is 9.47 Å². The molecule has 0 aliphatic rings. The standard InChI is InChI=1S/C34H61NO3/c1-5-7-9-11-13-15-17-19-21-23-27-37-33-26-25-31(32(36)30-35(3)4)29-34(33)38-28-24-22-20-18-16-14-12-10-8-6-2/h25-26,29H,5-24,27-28,30H2,1-4H3. The van der Waals surface area contributed by atoms with Crippen LogP contribution in [0.5, 0.6) is 11.5 Å². The number of hydrogen-bond donors (Lipinski definition) is 0. The number of benzene rings is 1. The Labute approximate surface area is 236 Å². The van der Waals surface area contributed by atoms with E-state index >= 15 is 0 Å². The maximum Gasteiger partial charge on any atom is 0.176 e. The van der Waals surface area contributed by atoms with Gasteiger partial charge in [0.25, 0.3) is 0 Å². The van der Waals surface area contributed by atoms with Gasteiger partial charge in [0.2, 0.25) is 0 Å². The topological polar surface area (TPSA) is 38.8 Å². The Morgan fingerprint density at radius 1 is 0.579 bits per heavy atom. The van der Waals surface area contributed by atoms with Crippen LogP contribution in [0.1, 0.15) is 153 Å². The van der Waals surface area contributed by atoms with Gasteiger partial charge in [-0.1, -0.05) is 129 Å². The summed E-state index contributed by atoms with van der Waals surface area (Å²) in [6, 6.07) is 5.69. The number of unbranched alkanes of at least 4 members (excludes halogenated alkanes) is 18. The summed E-state index contributed by atoms with van der Waals surface area (Å²) in [4.78, 5) is 14.5. The Hall–Kier alpha value is -1.55. The van der Waals surface area contributed by atoms with Crippen molar-refractivity contribution in [3.63, 3.8) is 0 Å². The molecule has 0 radical (unpaired) electrons. The van der Waals surface area contributed by atoms with Gasteiger partial charge in [0.15, 0.2) is 17.3 Å². The van der Waals surface area contributed by atoms with E-state index in [1.54, 1.807) is 0 Å². The number of nitrogens with zero attached hydrogens (tertiary/aromatic N) is 1. The van der Waals surface area contributed by atoms with E-state index in [1.807, 2.05) is 37.2 Å². The summed E-state index contributed by atoms with van der Waals surface area (Å²) >= 11 is 0. The summed E-state index contributed by atoms with van der Waals surface area (Å²) < 4.78 is 12.3. The quantitative estimate of drug-likeness (QED) is 0.0836. The van der Waals surface area contributed by atoms with E-state index in [0.717, 1.165) is 24.3 Å². The SMILES string of the molecule is CCCCCCCCCCCCOc1ccc(C(=O)CN(C)C)cc1OCCCCCCCCCCCC. The van der Waals surface area contributed by atoms with Gasteiger partial charge in [-0.15, -0.1) is 0 Å². The number of rotatable bonds is 27. The zero-order valence-electron chi connectivity index (χ0n) is 25.7. The lowest BCUT2D eigenvalue weighted by atomic mass is 10.1. The molecule has 0 atom stereocenters. The van der Waals surface area contributed by atoms with E-state index < -0.39 is 0 Å². The molecule has 1 aromatic rings. The summed E-state index contributed by atoms with van der Waals surface area (Å²) in [7, 11) is 3.84. The molecule has 0 spiro atoms. The molecule has 4 nitrogen and oxygen atoms in total. The molecule has 0 aliphatic heterocycles. The molecular formula is C34H61NO3. The van der Waals surface area contributed by atoms with Gasteiger partial charge in [-0.3, -0.25) is 4.79 Å². The highest BCUT2D eigenvalue weighted by molar-refractivity contribution is 5.98. The molecule has 0 aliphatic carbocycles. The van der Waals surface area contributed by atoms with Crippen molar-refractivity contribution in [3.8, 4) is 11.5 Å². The number of likely N-dealkylation sites (N-methyl/N-ethyl adjacent to an activating group) is 1. The van der Waals surface area contributed by atoms with E-state index in [9.17, 15) is 4.79 Å². The molecule has 0 saturated heterocycles. The minimum atomic E-state index is 0.111. The van der Waals surface area contributed by atoms with Crippen molar-refractivity contribution in [2.24, 2.45) is 0 Å². The van der Waals surface area contributed by atoms with Gasteiger partial charge in [0.05, 0.1) is 19.8 Å². The van der Waals surface area contributed by atoms with Gasteiger partial charge in [-0.25, -0.2) is 0 Å². The smallest absolute Gasteiger partial charge is 0.176 e. The maximum atomic E-state index is 12.6. The van der Waals surface area contributed by atoms with Crippen LogP contribution in [0.4, 0.5) is 0 Å². The molecule has 0 saturated carbocycles. The average molecular weight is 532 g/mol. The molecule has 0 fully saturated rings. The molecule has 0 bridgehead atoms. The second-order valence-electron chi connectivity index (χ2n) is 11.4. The van der Waals surface area contributed by atoms with Crippen molar-refractivity contribution in [1.82, 2.24) is 4.90 Å². The third-order valence-corrected chi connectivity index (χ3v) is 7.24. The van der Waals surface area contributed by atoms with Crippen molar-refractivity contribution in [1.29, 1.82) is 0 Å². The summed E-state index contributed by atoms with van der Waals surface area (Å²) in [5, 5.41) is 0. The first-order valence-corrected chi connectivity index (χ1v) is 16.2. The van der Waals surface area contributed by atoms with Crippen LogP contribution in [0.2, 0.25) is 0 Å². The lowest BCUT2D eigenvalue weighted by molar-refractivity contribution is 0.0957. The number of carbonyl (C=O) groups excluding carboxylic acids is 1. The average Bonchev–Trinajstić information content (AvgIpc) is 2.90. The minimum absolute atomic E-state index is 0.111. The molecule has 1 aromatic carbocycles. The van der Waals surface area contributed by atoms with Crippen molar-refractivity contribution in [2.45, 2.75) is 142 Å². The molecule has 0 N–H and O–H groups in total. The number of ether oxygens (including phenoxy) is 2. The molecular weight excluding hydrogens is 470 g/mol. The Kier molecular flexibility index (Phi) is 22.2. The molecule has 220 valence electrons. The van der Waals surface area contributed by atoms with E-state index in [0.29, 0.717) is 25.3 Å². The first-order chi connectivity index (χ1) is 18.6. The van der Waals surface area contributed by atoms with Crippen LogP contribution in [-0.2, 0) is 0 Å². The number of Topliss-reactive ketones (excluding diaryl/α,β-unsaturated/α-hetero) is 1. The zero-order chi connectivity index (χ0) is 27.7. The number of ketones is 1. The fourth-order valence-electron chi connectivity index (χ4n) is 4.84. The Morgan fingerprint density at radius 2 is 0.974 bits per heavy atom. The first-order valence-electron chi connectivity index (χ1n) is 16.2. The minimum Gasteiger partial charge on any atom is -0.490 e. The van der Waals surface area contributed by atoms with Crippen LogP contribution in [-0.4, -0.2) is 44.5 Å². The largest absolute Gasteiger partial charge is 0.490 e. The molecule has 1 rings (SSSR count). The van der Waals surface area contributed by atoms with Gasteiger partial charge >= 0.3 is 0 Å². The number of carbonyl (C=O) groups is 1. The lowest BCUT2D eigenvalue weighted by Gasteiger charge is -2.15. The van der Waals surface area contributed by atoms with Gasteiger partial charge < -0.3 is 14.4 Å². The second kappa shape index (κ2) is 24.5. The van der Waals surface area contributed by atoms with E-state index in [4.69, 9.17) is 9.47 Å². The Morgan fingerprint density at radius 3 is 1.39 bits per heavy atom. The predicted molar refractivity (Wildman–Crippen MR) is 164 cm³/mol. The highest BCUT2D eigenvalue weighted by Crippen LogP contribution is 2.29. The van der Waals surface area contributed by atoms with E-state index in [2.05, 4.69) is 13.8 Å². The third-order valence-electron chi connectivity index (χ3n) is 7.24. The summed E-state index contributed by atoms with van der Waals surface area (Å²) in [6.07, 6.45) is 26.2. The molecule has 0 aromatic heterocycles.